The summed E-state index contributed by atoms with van der Waals surface area (Å²) < 4.78 is 61.4. The van der Waals surface area contributed by atoms with Gasteiger partial charge < -0.3 is 14.9 Å². The molecule has 0 radical (unpaired) electrons. The minimum absolute atomic E-state index is 0.0503. The largest absolute Gasteiger partial charge is 0.417 e. The average Bonchev–Trinajstić information content (AvgIpc) is 3.56. The third-order valence-electron chi connectivity index (χ3n) is 6.91. The number of hydrogen-bond donors (Lipinski definition) is 3. The molecular weight excluding hydrogens is 470 g/mol. The van der Waals surface area contributed by atoms with E-state index in [4.69, 9.17) is 4.74 Å². The monoisotopic (exact) mass is 495 g/mol. The third kappa shape index (κ3) is 4.07. The number of hydrogen-bond acceptors (Lipinski definition) is 7. The lowest BCUT2D eigenvalue weighted by molar-refractivity contribution is -0.157. The predicted octanol–water partition coefficient (Wildman–Crippen LogP) is 3.12. The normalized spacial score (nSPS) is 26.3. The van der Waals surface area contributed by atoms with E-state index in [1.807, 2.05) is 6.20 Å². The van der Waals surface area contributed by atoms with E-state index >= 15 is 4.39 Å². The van der Waals surface area contributed by atoms with Crippen molar-refractivity contribution in [3.05, 3.63) is 58.6 Å². The zero-order valence-corrected chi connectivity index (χ0v) is 19.1. The highest BCUT2D eigenvalue weighted by Crippen LogP contribution is 2.43. The number of halogens is 4. The van der Waals surface area contributed by atoms with E-state index in [9.17, 15) is 23.4 Å². The maximum atomic E-state index is 15.1. The van der Waals surface area contributed by atoms with Gasteiger partial charge in [0.15, 0.2) is 5.65 Å². The Morgan fingerprint density at radius 2 is 2.00 bits per heavy atom. The first-order chi connectivity index (χ1) is 16.4. The van der Waals surface area contributed by atoms with Gasteiger partial charge in [-0.15, -0.1) is 0 Å². The molecule has 35 heavy (non-hydrogen) atoms. The number of alkyl halides is 3. The Balaban J connectivity index is 1.57. The summed E-state index contributed by atoms with van der Waals surface area (Å²) in [6.45, 7) is 2.83. The molecule has 5 rings (SSSR count). The van der Waals surface area contributed by atoms with Gasteiger partial charge in [0.2, 0.25) is 0 Å². The van der Waals surface area contributed by atoms with Crippen LogP contribution in [0.1, 0.15) is 66.4 Å². The minimum Gasteiger partial charge on any atom is -0.385 e. The second kappa shape index (κ2) is 8.19. The second-order valence-electron chi connectivity index (χ2n) is 9.51. The summed E-state index contributed by atoms with van der Waals surface area (Å²) in [5.74, 6) is -0.817. The van der Waals surface area contributed by atoms with E-state index in [-0.39, 0.29) is 19.6 Å². The summed E-state index contributed by atoms with van der Waals surface area (Å²) in [6, 6.07) is 0.339. The molecular formula is C23H25F4N5O3. The van der Waals surface area contributed by atoms with E-state index in [1.165, 1.54) is 6.92 Å². The zero-order valence-electron chi connectivity index (χ0n) is 19.1. The zero-order chi connectivity index (χ0) is 25.2. The van der Waals surface area contributed by atoms with Crippen molar-refractivity contribution in [3.8, 4) is 0 Å². The Morgan fingerprint density at radius 3 is 2.63 bits per heavy atom. The number of aliphatic hydroxyl groups is 2. The topological polar surface area (TPSA) is 105 Å². The molecule has 0 spiro atoms. The molecule has 3 aromatic rings. The molecule has 3 unspecified atom stereocenters. The molecule has 1 aliphatic carbocycles. The van der Waals surface area contributed by atoms with Crippen LogP contribution in [-0.2, 0) is 16.5 Å². The maximum Gasteiger partial charge on any atom is 0.417 e. The number of ether oxygens (including phenoxy) is 1. The van der Waals surface area contributed by atoms with Crippen molar-refractivity contribution in [2.45, 2.75) is 62.6 Å². The number of rotatable bonds is 5. The summed E-state index contributed by atoms with van der Waals surface area (Å²) in [4.78, 5) is 8.24. The van der Waals surface area contributed by atoms with Gasteiger partial charge in [0.05, 0.1) is 34.7 Å². The molecule has 3 aromatic heterocycles. The van der Waals surface area contributed by atoms with Gasteiger partial charge in [-0.25, -0.2) is 13.9 Å². The Morgan fingerprint density at radius 1 is 1.26 bits per heavy atom. The Labute approximate surface area is 198 Å². The van der Waals surface area contributed by atoms with Crippen LogP contribution in [0, 0.1) is 12.7 Å². The Kier molecular flexibility index (Phi) is 5.62. The lowest BCUT2D eigenvalue weighted by atomic mass is 9.73. The average molecular weight is 495 g/mol. The first kappa shape index (κ1) is 24.0. The van der Waals surface area contributed by atoms with Gasteiger partial charge in [-0.1, -0.05) is 0 Å². The fourth-order valence-electron chi connectivity index (χ4n) is 4.80. The first-order valence-electron chi connectivity index (χ1n) is 11.3. The van der Waals surface area contributed by atoms with Crippen molar-refractivity contribution in [2.24, 2.45) is 0 Å². The van der Waals surface area contributed by atoms with Crippen molar-refractivity contribution < 1.29 is 32.5 Å². The number of nitrogens with one attached hydrogen (secondary N) is 1. The van der Waals surface area contributed by atoms with Crippen LogP contribution < -0.4 is 5.32 Å². The van der Waals surface area contributed by atoms with Gasteiger partial charge >= 0.3 is 6.18 Å². The number of fused-ring (bicyclic) bond motifs is 1. The standard InChI is InChI=1S/C23H25F4N5O3/c1-12-17(19-29-8-14(13-3-4-13)10-32(19)31-12)20(33)30-22(5-6-35-11-21(22,2)34)18-16(24)7-15(9-28-18)23(25,26)27/h7-10,13,20,30,33-34H,3-6,11H2,1-2H3. The minimum atomic E-state index is -4.79. The van der Waals surface area contributed by atoms with E-state index in [0.29, 0.717) is 35.1 Å². The highest BCUT2D eigenvalue weighted by Gasteiger charge is 2.54. The molecule has 8 nitrogen and oxygen atoms in total. The second-order valence-corrected chi connectivity index (χ2v) is 9.51. The SMILES string of the molecule is Cc1nn2cc(C3CC3)cnc2c1C(O)NC1(c2ncc(C(F)(F)F)cc2F)CCOCC1(C)O. The molecule has 4 heterocycles. The third-order valence-corrected chi connectivity index (χ3v) is 6.91. The molecule has 2 fully saturated rings. The van der Waals surface area contributed by atoms with Crippen molar-refractivity contribution in [2.75, 3.05) is 13.2 Å². The van der Waals surface area contributed by atoms with Crippen LogP contribution in [-0.4, -0.2) is 48.6 Å². The highest BCUT2D eigenvalue weighted by atomic mass is 19.4. The smallest absolute Gasteiger partial charge is 0.385 e. The molecule has 1 aliphatic heterocycles. The van der Waals surface area contributed by atoms with Crippen LogP contribution in [0.25, 0.3) is 5.65 Å². The number of aromatic nitrogens is 4. The Hall–Kier alpha value is -2.67. The maximum absolute atomic E-state index is 15.1. The van der Waals surface area contributed by atoms with Crippen LogP contribution in [0.3, 0.4) is 0 Å². The van der Waals surface area contributed by atoms with Crippen molar-refractivity contribution in [1.29, 1.82) is 0 Å². The highest BCUT2D eigenvalue weighted by molar-refractivity contribution is 5.51. The van der Waals surface area contributed by atoms with Gasteiger partial charge in [0.1, 0.15) is 17.6 Å². The summed E-state index contributed by atoms with van der Waals surface area (Å²) in [7, 11) is 0. The van der Waals surface area contributed by atoms with Gasteiger partial charge in [0, 0.05) is 25.2 Å². The molecule has 2 aliphatic rings. The van der Waals surface area contributed by atoms with E-state index in [0.717, 1.165) is 18.4 Å². The number of nitrogens with zero attached hydrogens (tertiary/aromatic N) is 4. The first-order valence-corrected chi connectivity index (χ1v) is 11.3. The molecule has 3 atom stereocenters. The van der Waals surface area contributed by atoms with E-state index in [1.54, 1.807) is 17.6 Å². The van der Waals surface area contributed by atoms with Gasteiger partial charge in [-0.3, -0.25) is 10.3 Å². The summed E-state index contributed by atoms with van der Waals surface area (Å²) in [5, 5.41) is 29.8. The van der Waals surface area contributed by atoms with Gasteiger partial charge in [-0.2, -0.15) is 18.3 Å². The molecule has 3 N–H and O–H groups in total. The number of aryl methyl sites for hydroxylation is 1. The summed E-state index contributed by atoms with van der Waals surface area (Å²) in [6.07, 6.45) is -0.108. The molecule has 0 bridgehead atoms. The van der Waals surface area contributed by atoms with Crippen LogP contribution in [0.4, 0.5) is 17.6 Å². The van der Waals surface area contributed by atoms with Crippen LogP contribution >= 0.6 is 0 Å². The van der Waals surface area contributed by atoms with E-state index in [2.05, 4.69) is 20.4 Å². The molecule has 12 heteroatoms. The Bertz CT molecular complexity index is 1270. The molecule has 0 aromatic carbocycles. The number of pyridine rings is 1. The predicted molar refractivity (Wildman–Crippen MR) is 115 cm³/mol. The van der Waals surface area contributed by atoms with Gasteiger partial charge in [-0.05, 0) is 50.7 Å². The van der Waals surface area contributed by atoms with Crippen LogP contribution in [0.15, 0.2) is 24.7 Å². The quantitative estimate of drug-likeness (QED) is 0.369. The molecule has 0 amide bonds. The summed E-state index contributed by atoms with van der Waals surface area (Å²) >= 11 is 0. The van der Waals surface area contributed by atoms with Crippen molar-refractivity contribution >= 4 is 5.65 Å². The van der Waals surface area contributed by atoms with E-state index < -0.39 is 40.6 Å². The van der Waals surface area contributed by atoms with Crippen molar-refractivity contribution in [1.82, 2.24) is 24.9 Å². The van der Waals surface area contributed by atoms with Crippen LogP contribution in [0.5, 0.6) is 0 Å². The lowest BCUT2D eigenvalue weighted by Gasteiger charge is -2.49. The fraction of sp³-hybridized carbons (Fsp3) is 0.522. The lowest BCUT2D eigenvalue weighted by Crippen LogP contribution is -2.65. The fourth-order valence-corrected chi connectivity index (χ4v) is 4.80. The number of aliphatic hydroxyl groups excluding tert-OH is 1. The molecule has 1 saturated carbocycles. The molecule has 188 valence electrons. The molecule has 1 saturated heterocycles. The summed E-state index contributed by atoms with van der Waals surface area (Å²) in [5.41, 5.74) is -3.14. The van der Waals surface area contributed by atoms with Crippen LogP contribution in [0.2, 0.25) is 0 Å². The van der Waals surface area contributed by atoms with Gasteiger partial charge in [0.25, 0.3) is 0 Å². The van der Waals surface area contributed by atoms with Crippen molar-refractivity contribution in [3.63, 3.8) is 0 Å².